The van der Waals surface area contributed by atoms with E-state index in [-0.39, 0.29) is 5.54 Å². The number of hydrogen-bond acceptors (Lipinski definition) is 4. The van der Waals surface area contributed by atoms with Crippen LogP contribution >= 0.6 is 0 Å². The minimum absolute atomic E-state index is 0.0958. The van der Waals surface area contributed by atoms with Gasteiger partial charge in [0.15, 0.2) is 0 Å². The average Bonchev–Trinajstić information content (AvgIpc) is 2.00. The molecule has 4 heteroatoms. The van der Waals surface area contributed by atoms with Crippen molar-refractivity contribution in [2.45, 2.75) is 25.8 Å². The van der Waals surface area contributed by atoms with Crippen molar-refractivity contribution >= 4 is 0 Å². The molecule has 6 N–H and O–H groups in total. The Morgan fingerprint density at radius 1 is 1.00 bits per heavy atom. The van der Waals surface area contributed by atoms with Crippen molar-refractivity contribution in [3.63, 3.8) is 0 Å². The summed E-state index contributed by atoms with van der Waals surface area (Å²) in [5.74, 6) is 0. The van der Waals surface area contributed by atoms with Gasteiger partial charge >= 0.3 is 0 Å². The van der Waals surface area contributed by atoms with Crippen molar-refractivity contribution in [3.05, 3.63) is 0 Å². The first-order valence-corrected chi connectivity index (χ1v) is 4.91. The second-order valence-electron chi connectivity index (χ2n) is 4.16. The molecule has 0 saturated heterocycles. The molecule has 0 aliphatic heterocycles. The monoisotopic (exact) mass is 188 g/mol. The van der Waals surface area contributed by atoms with Gasteiger partial charge in [0.05, 0.1) is 0 Å². The zero-order chi connectivity index (χ0) is 10.3. The van der Waals surface area contributed by atoms with E-state index in [9.17, 15) is 0 Å². The Morgan fingerprint density at radius 2 is 1.46 bits per heavy atom. The fourth-order valence-electron chi connectivity index (χ4n) is 1.15. The van der Waals surface area contributed by atoms with Crippen molar-refractivity contribution in [1.82, 2.24) is 4.90 Å². The van der Waals surface area contributed by atoms with Gasteiger partial charge < -0.3 is 22.1 Å². The highest BCUT2D eigenvalue weighted by Gasteiger charge is 2.12. The van der Waals surface area contributed by atoms with Crippen molar-refractivity contribution in [2.75, 3.05) is 32.7 Å². The largest absolute Gasteiger partial charge is 0.329 e. The Hall–Kier alpha value is -0.160. The van der Waals surface area contributed by atoms with Crippen LogP contribution in [-0.2, 0) is 0 Å². The van der Waals surface area contributed by atoms with Crippen LogP contribution in [0.15, 0.2) is 0 Å². The highest BCUT2D eigenvalue weighted by atomic mass is 15.1. The number of hydrogen-bond donors (Lipinski definition) is 3. The Balaban J connectivity index is 3.68. The third kappa shape index (κ3) is 8.18. The SMILES string of the molecule is CC(C)(N)CCN(CCN)CCN. The van der Waals surface area contributed by atoms with E-state index in [1.165, 1.54) is 0 Å². The van der Waals surface area contributed by atoms with Crippen LogP contribution in [0.1, 0.15) is 20.3 Å². The van der Waals surface area contributed by atoms with Gasteiger partial charge in [0.1, 0.15) is 0 Å². The molecule has 0 spiro atoms. The minimum Gasteiger partial charge on any atom is -0.329 e. The fraction of sp³-hybridized carbons (Fsp3) is 1.00. The summed E-state index contributed by atoms with van der Waals surface area (Å²) in [7, 11) is 0. The van der Waals surface area contributed by atoms with Gasteiger partial charge in [-0.05, 0) is 26.8 Å². The van der Waals surface area contributed by atoms with E-state index in [1.54, 1.807) is 0 Å². The van der Waals surface area contributed by atoms with Crippen LogP contribution in [0, 0.1) is 0 Å². The Kier molecular flexibility index (Phi) is 6.24. The predicted octanol–water partition coefficient (Wildman–Crippen LogP) is -0.667. The lowest BCUT2D eigenvalue weighted by molar-refractivity contribution is 0.260. The van der Waals surface area contributed by atoms with Gasteiger partial charge in [-0.25, -0.2) is 0 Å². The number of nitrogens with two attached hydrogens (primary N) is 3. The third-order valence-corrected chi connectivity index (χ3v) is 1.96. The Bertz CT molecular complexity index is 113. The molecular formula is C9H24N4. The van der Waals surface area contributed by atoms with E-state index in [4.69, 9.17) is 17.2 Å². The molecule has 0 aromatic heterocycles. The van der Waals surface area contributed by atoms with Gasteiger partial charge in [0.2, 0.25) is 0 Å². The second kappa shape index (κ2) is 6.32. The second-order valence-corrected chi connectivity index (χ2v) is 4.16. The van der Waals surface area contributed by atoms with Crippen LogP contribution in [0.2, 0.25) is 0 Å². The molecule has 0 aromatic carbocycles. The van der Waals surface area contributed by atoms with E-state index >= 15 is 0 Å². The van der Waals surface area contributed by atoms with Crippen molar-refractivity contribution < 1.29 is 0 Å². The summed E-state index contributed by atoms with van der Waals surface area (Å²) in [5, 5.41) is 0. The maximum Gasteiger partial charge on any atom is 0.0109 e. The fourth-order valence-corrected chi connectivity index (χ4v) is 1.15. The summed E-state index contributed by atoms with van der Waals surface area (Å²) in [4.78, 5) is 2.26. The summed E-state index contributed by atoms with van der Waals surface area (Å²) in [6.45, 7) is 8.25. The lowest BCUT2D eigenvalue weighted by Gasteiger charge is -2.25. The molecule has 80 valence electrons. The molecule has 0 rings (SSSR count). The van der Waals surface area contributed by atoms with Crippen LogP contribution in [0.5, 0.6) is 0 Å². The minimum atomic E-state index is -0.0958. The predicted molar refractivity (Wildman–Crippen MR) is 57.4 cm³/mol. The van der Waals surface area contributed by atoms with E-state index in [0.717, 1.165) is 26.1 Å². The van der Waals surface area contributed by atoms with Crippen LogP contribution in [0.25, 0.3) is 0 Å². The first kappa shape index (κ1) is 12.8. The van der Waals surface area contributed by atoms with Gasteiger partial charge in [-0.3, -0.25) is 0 Å². The summed E-state index contributed by atoms with van der Waals surface area (Å²) >= 11 is 0. The molecule has 0 atom stereocenters. The average molecular weight is 188 g/mol. The third-order valence-electron chi connectivity index (χ3n) is 1.96. The van der Waals surface area contributed by atoms with Gasteiger partial charge in [0.25, 0.3) is 0 Å². The summed E-state index contributed by atoms with van der Waals surface area (Å²) in [5.41, 5.74) is 16.8. The first-order valence-electron chi connectivity index (χ1n) is 4.91. The van der Waals surface area contributed by atoms with E-state index in [2.05, 4.69) is 4.90 Å². The van der Waals surface area contributed by atoms with Crippen molar-refractivity contribution in [3.8, 4) is 0 Å². The van der Waals surface area contributed by atoms with Crippen LogP contribution in [-0.4, -0.2) is 43.2 Å². The molecule has 0 aromatic rings. The molecule has 4 nitrogen and oxygen atoms in total. The molecule has 0 fully saturated rings. The molecule has 0 aliphatic rings. The maximum absolute atomic E-state index is 5.89. The van der Waals surface area contributed by atoms with Crippen LogP contribution in [0.4, 0.5) is 0 Å². The first-order chi connectivity index (χ1) is 5.99. The maximum atomic E-state index is 5.89. The summed E-state index contributed by atoms with van der Waals surface area (Å²) < 4.78 is 0. The van der Waals surface area contributed by atoms with E-state index < -0.39 is 0 Å². The summed E-state index contributed by atoms with van der Waals surface area (Å²) in [6.07, 6.45) is 0.979. The molecule has 13 heavy (non-hydrogen) atoms. The normalized spacial score (nSPS) is 12.5. The highest BCUT2D eigenvalue weighted by Crippen LogP contribution is 2.04. The molecule has 0 aliphatic carbocycles. The topological polar surface area (TPSA) is 81.3 Å². The van der Waals surface area contributed by atoms with Gasteiger partial charge in [-0.2, -0.15) is 0 Å². The molecule has 0 radical (unpaired) electrons. The zero-order valence-electron chi connectivity index (χ0n) is 8.92. The van der Waals surface area contributed by atoms with E-state index in [1.807, 2.05) is 13.8 Å². The molecule has 0 saturated carbocycles. The van der Waals surface area contributed by atoms with E-state index in [0.29, 0.717) is 13.1 Å². The molecule has 0 amide bonds. The molecule has 0 bridgehead atoms. The van der Waals surface area contributed by atoms with Crippen LogP contribution < -0.4 is 17.2 Å². The molecular weight excluding hydrogens is 164 g/mol. The quantitative estimate of drug-likeness (QED) is 0.495. The van der Waals surface area contributed by atoms with Crippen LogP contribution in [0.3, 0.4) is 0 Å². The zero-order valence-corrected chi connectivity index (χ0v) is 8.92. The highest BCUT2D eigenvalue weighted by molar-refractivity contribution is 4.74. The summed E-state index contributed by atoms with van der Waals surface area (Å²) in [6, 6.07) is 0. The van der Waals surface area contributed by atoms with Gasteiger partial charge in [-0.1, -0.05) is 0 Å². The van der Waals surface area contributed by atoms with Gasteiger partial charge in [0, 0.05) is 31.7 Å². The molecule has 0 heterocycles. The van der Waals surface area contributed by atoms with Crippen molar-refractivity contribution in [2.24, 2.45) is 17.2 Å². The lowest BCUT2D eigenvalue weighted by Crippen LogP contribution is -2.40. The van der Waals surface area contributed by atoms with Crippen molar-refractivity contribution in [1.29, 1.82) is 0 Å². The van der Waals surface area contributed by atoms with Gasteiger partial charge in [-0.15, -0.1) is 0 Å². The number of rotatable bonds is 7. The Morgan fingerprint density at radius 3 is 1.77 bits per heavy atom. The Labute approximate surface area is 81.4 Å². The molecule has 0 unspecified atom stereocenters. The lowest BCUT2D eigenvalue weighted by atomic mass is 10.0. The standard InChI is InChI=1S/C9H24N4/c1-9(2,12)3-6-13(7-4-10)8-5-11/h3-8,10-12H2,1-2H3. The number of nitrogens with zero attached hydrogens (tertiary/aromatic N) is 1. The smallest absolute Gasteiger partial charge is 0.0109 e.